The number of nitrogens with zero attached hydrogens (tertiary/aromatic N) is 6. The summed E-state index contributed by atoms with van der Waals surface area (Å²) < 4.78 is 8.50. The van der Waals surface area contributed by atoms with E-state index in [2.05, 4.69) is 41.2 Å². The number of nitrogen functional groups attached to an aromatic ring is 1. The number of fused-ring (bicyclic) bond motifs is 2. The maximum absolute atomic E-state index is 6.32. The molecule has 3 heterocycles. The number of aromatic nitrogens is 6. The second-order valence-corrected chi connectivity index (χ2v) is 6.81. The lowest BCUT2D eigenvalue weighted by atomic mass is 10.2. The molecular weight excluding hydrogens is 422 g/mol. The van der Waals surface area contributed by atoms with Crippen LogP contribution < -0.4 is 10.5 Å². The number of benzene rings is 2. The average Bonchev–Trinajstić information content (AvgIpc) is 3.16. The smallest absolute Gasteiger partial charge is 0.248 e. The summed E-state index contributed by atoms with van der Waals surface area (Å²) in [7, 11) is 0. The molecule has 0 aliphatic heterocycles. The first-order chi connectivity index (χ1) is 13.7. The van der Waals surface area contributed by atoms with Gasteiger partial charge in [0.25, 0.3) is 0 Å². The van der Waals surface area contributed by atoms with Gasteiger partial charge in [-0.2, -0.15) is 9.67 Å². The molecule has 0 radical (unpaired) electrons. The lowest BCUT2D eigenvalue weighted by molar-refractivity contribution is 0.467. The molecule has 136 valence electrons. The fourth-order valence-electron chi connectivity index (χ4n) is 2.94. The highest BCUT2D eigenvalue weighted by molar-refractivity contribution is 9.10. The second-order valence-electron chi connectivity index (χ2n) is 5.95. The highest BCUT2D eigenvalue weighted by Crippen LogP contribution is 2.35. The molecule has 2 aromatic carbocycles. The monoisotopic (exact) mass is 433 g/mol. The lowest BCUT2D eigenvalue weighted by Gasteiger charge is -2.12. The fraction of sp³-hybridized carbons (Fsp3) is 0. The highest BCUT2D eigenvalue weighted by atomic mass is 79.9. The molecule has 0 unspecified atom stereocenters. The van der Waals surface area contributed by atoms with Crippen LogP contribution in [0.25, 0.3) is 27.8 Å². The Morgan fingerprint density at radius 1 is 0.964 bits per heavy atom. The van der Waals surface area contributed by atoms with Crippen molar-refractivity contribution in [1.82, 2.24) is 29.9 Å². The summed E-state index contributed by atoms with van der Waals surface area (Å²) in [5, 5.41) is 9.23. The van der Waals surface area contributed by atoms with Crippen LogP contribution in [-0.4, -0.2) is 29.9 Å². The zero-order valence-corrected chi connectivity index (χ0v) is 15.9. The van der Waals surface area contributed by atoms with E-state index in [9.17, 15) is 0 Å². The van der Waals surface area contributed by atoms with Gasteiger partial charge in [0, 0.05) is 16.1 Å². The Bertz CT molecular complexity index is 1330. The van der Waals surface area contributed by atoms with E-state index in [-0.39, 0.29) is 11.6 Å². The van der Waals surface area contributed by atoms with E-state index in [0.29, 0.717) is 17.1 Å². The van der Waals surface area contributed by atoms with Gasteiger partial charge >= 0.3 is 0 Å². The molecule has 0 fully saturated rings. The Kier molecular flexibility index (Phi) is 3.87. The molecule has 0 bridgehead atoms. The van der Waals surface area contributed by atoms with Crippen molar-refractivity contribution >= 4 is 43.6 Å². The minimum absolute atomic E-state index is 0.221. The van der Waals surface area contributed by atoms with Crippen LogP contribution in [0.3, 0.4) is 0 Å². The highest BCUT2D eigenvalue weighted by Gasteiger charge is 2.17. The van der Waals surface area contributed by atoms with E-state index in [1.165, 1.54) is 6.33 Å². The van der Waals surface area contributed by atoms with Gasteiger partial charge in [-0.25, -0.2) is 4.98 Å². The number of halogens is 1. The third-order valence-corrected chi connectivity index (χ3v) is 4.96. The molecule has 5 aromatic rings. The van der Waals surface area contributed by atoms with Crippen LogP contribution in [0.1, 0.15) is 0 Å². The number of rotatable bonds is 3. The Balaban J connectivity index is 1.62. The van der Waals surface area contributed by atoms with E-state index in [1.54, 1.807) is 10.9 Å². The van der Waals surface area contributed by atoms with Gasteiger partial charge in [-0.15, -0.1) is 5.10 Å². The molecule has 9 heteroatoms. The van der Waals surface area contributed by atoms with Crippen molar-refractivity contribution in [3.63, 3.8) is 0 Å². The van der Waals surface area contributed by atoms with Crippen molar-refractivity contribution in [1.29, 1.82) is 0 Å². The Labute approximate surface area is 167 Å². The number of hydrogen-bond donors (Lipinski definition) is 1. The van der Waals surface area contributed by atoms with E-state index in [0.717, 1.165) is 20.9 Å². The number of nitrogens with two attached hydrogens (primary N) is 1. The first-order valence-corrected chi connectivity index (χ1v) is 9.14. The fourth-order valence-corrected chi connectivity index (χ4v) is 3.40. The van der Waals surface area contributed by atoms with Crippen LogP contribution in [-0.2, 0) is 0 Å². The summed E-state index contributed by atoms with van der Waals surface area (Å²) in [6.07, 6.45) is 3.09. The third-order valence-electron chi connectivity index (χ3n) is 4.26. The Hall–Kier alpha value is -3.59. The summed E-state index contributed by atoms with van der Waals surface area (Å²) in [4.78, 5) is 12.9. The zero-order valence-electron chi connectivity index (χ0n) is 14.3. The van der Waals surface area contributed by atoms with Crippen LogP contribution >= 0.6 is 15.9 Å². The summed E-state index contributed by atoms with van der Waals surface area (Å²) in [6.45, 7) is 0. The number of para-hydroxylation sites is 1. The third kappa shape index (κ3) is 2.64. The van der Waals surface area contributed by atoms with Crippen LogP contribution in [0.5, 0.6) is 11.6 Å². The van der Waals surface area contributed by atoms with E-state index >= 15 is 0 Å². The first kappa shape index (κ1) is 16.6. The molecule has 0 aliphatic carbocycles. The van der Waals surface area contributed by atoms with Crippen LogP contribution in [0.2, 0.25) is 0 Å². The van der Waals surface area contributed by atoms with E-state index in [4.69, 9.17) is 10.5 Å². The van der Waals surface area contributed by atoms with E-state index in [1.807, 2.05) is 48.5 Å². The van der Waals surface area contributed by atoms with Crippen molar-refractivity contribution in [2.75, 3.05) is 5.73 Å². The normalized spacial score (nSPS) is 11.2. The average molecular weight is 434 g/mol. The maximum atomic E-state index is 6.32. The lowest BCUT2D eigenvalue weighted by Crippen LogP contribution is -2.07. The maximum Gasteiger partial charge on any atom is 0.248 e. The number of hydrogen-bond acceptors (Lipinski definition) is 7. The molecule has 0 atom stereocenters. The van der Waals surface area contributed by atoms with Gasteiger partial charge in [0.15, 0.2) is 11.6 Å². The minimum Gasteiger partial charge on any atom is -0.435 e. The van der Waals surface area contributed by atoms with Gasteiger partial charge in [-0.05, 0) is 30.3 Å². The minimum atomic E-state index is 0.221. The molecule has 5 rings (SSSR count). The van der Waals surface area contributed by atoms with Crippen LogP contribution in [0.4, 0.5) is 5.69 Å². The van der Waals surface area contributed by atoms with Crippen molar-refractivity contribution < 1.29 is 4.74 Å². The summed E-state index contributed by atoms with van der Waals surface area (Å²) >= 11 is 3.53. The van der Waals surface area contributed by atoms with Crippen molar-refractivity contribution in [2.24, 2.45) is 0 Å². The summed E-state index contributed by atoms with van der Waals surface area (Å²) in [5.41, 5.74) is 8.80. The molecule has 0 saturated heterocycles. The largest absolute Gasteiger partial charge is 0.435 e. The Morgan fingerprint density at radius 2 is 1.86 bits per heavy atom. The number of anilines is 1. The first-order valence-electron chi connectivity index (χ1n) is 8.35. The number of ether oxygens (including phenoxy) is 1. The molecule has 0 spiro atoms. The van der Waals surface area contributed by atoms with Gasteiger partial charge in [-0.3, -0.25) is 4.98 Å². The van der Waals surface area contributed by atoms with Gasteiger partial charge in [0.05, 0.1) is 5.52 Å². The standard InChI is InChI=1S/C19H12BrN7O/c20-12-7-8-15(17-11(12)4-3-9-22-17)28-19-16(21)18(23-10-24-19)27-14-6-2-1-5-13(14)25-26-27/h1-10H,21H2. The molecular formula is C19H12BrN7O. The quantitative estimate of drug-likeness (QED) is 0.459. The van der Waals surface area contributed by atoms with Crippen LogP contribution in [0, 0.1) is 0 Å². The summed E-state index contributed by atoms with van der Waals surface area (Å²) in [6, 6.07) is 15.1. The van der Waals surface area contributed by atoms with Gasteiger partial charge in [-0.1, -0.05) is 39.3 Å². The van der Waals surface area contributed by atoms with Crippen molar-refractivity contribution in [3.8, 4) is 17.4 Å². The summed E-state index contributed by atoms with van der Waals surface area (Å²) in [5.74, 6) is 1.16. The molecule has 0 saturated carbocycles. The molecule has 28 heavy (non-hydrogen) atoms. The van der Waals surface area contributed by atoms with E-state index < -0.39 is 0 Å². The molecule has 8 nitrogen and oxygen atoms in total. The zero-order chi connectivity index (χ0) is 19.1. The molecule has 2 N–H and O–H groups in total. The van der Waals surface area contributed by atoms with Gasteiger partial charge in [0.1, 0.15) is 23.0 Å². The molecule has 0 aliphatic rings. The Morgan fingerprint density at radius 3 is 2.79 bits per heavy atom. The SMILES string of the molecule is Nc1c(Oc2ccc(Br)c3cccnc23)ncnc1-n1nnc2ccccc21. The number of pyridine rings is 1. The van der Waals surface area contributed by atoms with Gasteiger partial charge < -0.3 is 10.5 Å². The van der Waals surface area contributed by atoms with Crippen molar-refractivity contribution in [2.45, 2.75) is 0 Å². The van der Waals surface area contributed by atoms with Crippen LogP contribution in [0.15, 0.2) is 65.5 Å². The second kappa shape index (κ2) is 6.54. The van der Waals surface area contributed by atoms with Crippen molar-refractivity contribution in [3.05, 3.63) is 65.5 Å². The topological polar surface area (TPSA) is 105 Å². The molecule has 3 aromatic heterocycles. The van der Waals surface area contributed by atoms with Gasteiger partial charge in [0.2, 0.25) is 5.88 Å². The predicted molar refractivity (Wildman–Crippen MR) is 108 cm³/mol. The predicted octanol–water partition coefficient (Wildman–Crippen LogP) is 3.90. The molecule has 0 amide bonds.